The summed E-state index contributed by atoms with van der Waals surface area (Å²) in [6.07, 6.45) is 3.62. The quantitative estimate of drug-likeness (QED) is 0.724. The second kappa shape index (κ2) is 5.31. The molecule has 0 radical (unpaired) electrons. The van der Waals surface area contributed by atoms with Crippen LogP contribution in [0.2, 0.25) is 0 Å². The SMILES string of the molecule is Cc1[nH]ncc1CNC(=O)C1CCNC(C)C1. The molecule has 2 heterocycles. The highest BCUT2D eigenvalue weighted by molar-refractivity contribution is 5.78. The lowest BCUT2D eigenvalue weighted by Crippen LogP contribution is -2.42. The summed E-state index contributed by atoms with van der Waals surface area (Å²) in [6.45, 7) is 5.59. The van der Waals surface area contributed by atoms with Crippen molar-refractivity contribution >= 4 is 5.91 Å². The van der Waals surface area contributed by atoms with Gasteiger partial charge in [-0.05, 0) is 33.2 Å². The highest BCUT2D eigenvalue weighted by atomic mass is 16.1. The van der Waals surface area contributed by atoms with Crippen molar-refractivity contribution in [2.24, 2.45) is 5.92 Å². The van der Waals surface area contributed by atoms with Crippen molar-refractivity contribution in [2.75, 3.05) is 6.54 Å². The Bertz CT molecular complexity index is 388. The summed E-state index contributed by atoms with van der Waals surface area (Å²) < 4.78 is 0. The molecule has 0 bridgehead atoms. The number of carbonyl (C=O) groups excluding carboxylic acids is 1. The summed E-state index contributed by atoms with van der Waals surface area (Å²) in [5, 5.41) is 13.1. The Hall–Kier alpha value is -1.36. The fourth-order valence-corrected chi connectivity index (χ4v) is 2.25. The second-order valence-corrected chi connectivity index (χ2v) is 4.81. The number of aromatic nitrogens is 2. The topological polar surface area (TPSA) is 69.8 Å². The lowest BCUT2D eigenvalue weighted by atomic mass is 9.92. The van der Waals surface area contributed by atoms with Crippen molar-refractivity contribution < 1.29 is 4.79 Å². The van der Waals surface area contributed by atoms with Gasteiger partial charge in [-0.15, -0.1) is 0 Å². The first-order valence-electron chi connectivity index (χ1n) is 6.16. The van der Waals surface area contributed by atoms with Crippen LogP contribution in [0.5, 0.6) is 0 Å². The van der Waals surface area contributed by atoms with Gasteiger partial charge < -0.3 is 10.6 Å². The number of rotatable bonds is 3. The molecule has 17 heavy (non-hydrogen) atoms. The van der Waals surface area contributed by atoms with Gasteiger partial charge in [0.2, 0.25) is 5.91 Å². The zero-order valence-electron chi connectivity index (χ0n) is 10.4. The van der Waals surface area contributed by atoms with E-state index in [9.17, 15) is 4.79 Å². The Morgan fingerprint density at radius 2 is 2.47 bits per heavy atom. The summed E-state index contributed by atoms with van der Waals surface area (Å²) in [5.41, 5.74) is 2.07. The molecular weight excluding hydrogens is 216 g/mol. The van der Waals surface area contributed by atoms with E-state index in [4.69, 9.17) is 0 Å². The van der Waals surface area contributed by atoms with E-state index in [2.05, 4.69) is 27.8 Å². The van der Waals surface area contributed by atoms with Crippen LogP contribution >= 0.6 is 0 Å². The van der Waals surface area contributed by atoms with E-state index in [0.717, 1.165) is 30.6 Å². The van der Waals surface area contributed by atoms with Crippen LogP contribution < -0.4 is 10.6 Å². The number of amides is 1. The van der Waals surface area contributed by atoms with Gasteiger partial charge in [-0.3, -0.25) is 9.89 Å². The van der Waals surface area contributed by atoms with E-state index in [1.165, 1.54) is 0 Å². The predicted molar refractivity (Wildman–Crippen MR) is 65.4 cm³/mol. The number of nitrogens with one attached hydrogen (secondary N) is 3. The molecule has 5 heteroatoms. The van der Waals surface area contributed by atoms with Crippen molar-refractivity contribution in [2.45, 2.75) is 39.3 Å². The van der Waals surface area contributed by atoms with Crippen LogP contribution in [0.1, 0.15) is 31.0 Å². The fourth-order valence-electron chi connectivity index (χ4n) is 2.25. The standard InChI is InChI=1S/C12H20N4O/c1-8-5-10(3-4-13-8)12(17)14-6-11-7-15-16-9(11)2/h7-8,10,13H,3-6H2,1-2H3,(H,14,17)(H,15,16). The van der Waals surface area contributed by atoms with Crippen LogP contribution in [0.4, 0.5) is 0 Å². The molecule has 1 saturated heterocycles. The molecule has 1 aromatic heterocycles. The Balaban J connectivity index is 1.83. The molecule has 2 atom stereocenters. The molecule has 1 aliphatic heterocycles. The number of aryl methyl sites for hydroxylation is 1. The van der Waals surface area contributed by atoms with Gasteiger partial charge in [-0.1, -0.05) is 0 Å². The third-order valence-corrected chi connectivity index (χ3v) is 3.38. The maximum atomic E-state index is 12.0. The number of nitrogens with zero attached hydrogens (tertiary/aromatic N) is 1. The van der Waals surface area contributed by atoms with E-state index in [1.807, 2.05) is 6.92 Å². The van der Waals surface area contributed by atoms with Crippen LogP contribution in [-0.4, -0.2) is 28.7 Å². The van der Waals surface area contributed by atoms with Gasteiger partial charge in [-0.2, -0.15) is 5.10 Å². The molecule has 1 fully saturated rings. The number of hydrogen-bond acceptors (Lipinski definition) is 3. The van der Waals surface area contributed by atoms with Crippen molar-refractivity contribution in [3.8, 4) is 0 Å². The first-order valence-corrected chi connectivity index (χ1v) is 6.16. The van der Waals surface area contributed by atoms with Gasteiger partial charge in [0.25, 0.3) is 0 Å². The second-order valence-electron chi connectivity index (χ2n) is 4.81. The number of H-pyrrole nitrogens is 1. The predicted octanol–water partition coefficient (Wildman–Crippen LogP) is 0.722. The lowest BCUT2D eigenvalue weighted by molar-refractivity contribution is -0.126. The molecule has 1 aromatic rings. The molecule has 2 rings (SSSR count). The van der Waals surface area contributed by atoms with Gasteiger partial charge >= 0.3 is 0 Å². The largest absolute Gasteiger partial charge is 0.352 e. The number of hydrogen-bond donors (Lipinski definition) is 3. The Morgan fingerprint density at radius 1 is 1.65 bits per heavy atom. The molecule has 0 spiro atoms. The zero-order valence-corrected chi connectivity index (χ0v) is 10.4. The first kappa shape index (κ1) is 12.1. The summed E-state index contributed by atoms with van der Waals surface area (Å²) in [7, 11) is 0. The molecule has 0 aliphatic carbocycles. The van der Waals surface area contributed by atoms with Gasteiger partial charge in [-0.25, -0.2) is 0 Å². The number of carbonyl (C=O) groups is 1. The molecule has 94 valence electrons. The third kappa shape index (κ3) is 3.06. The van der Waals surface area contributed by atoms with Crippen LogP contribution in [0.15, 0.2) is 6.20 Å². The zero-order chi connectivity index (χ0) is 12.3. The molecule has 5 nitrogen and oxygen atoms in total. The van der Waals surface area contributed by atoms with Gasteiger partial charge in [0.1, 0.15) is 0 Å². The number of piperidine rings is 1. The summed E-state index contributed by atoms with van der Waals surface area (Å²) in [6, 6.07) is 0.440. The molecule has 0 saturated carbocycles. The Labute approximate surface area is 101 Å². The van der Waals surface area contributed by atoms with Crippen LogP contribution in [-0.2, 0) is 11.3 Å². The van der Waals surface area contributed by atoms with Crippen molar-refractivity contribution in [1.29, 1.82) is 0 Å². The maximum Gasteiger partial charge on any atom is 0.223 e. The van der Waals surface area contributed by atoms with Crippen molar-refractivity contribution in [3.63, 3.8) is 0 Å². The molecular formula is C12H20N4O. The molecule has 1 amide bonds. The minimum Gasteiger partial charge on any atom is -0.352 e. The van der Waals surface area contributed by atoms with E-state index < -0.39 is 0 Å². The number of aromatic amines is 1. The van der Waals surface area contributed by atoms with Crippen LogP contribution in [0, 0.1) is 12.8 Å². The van der Waals surface area contributed by atoms with Gasteiger partial charge in [0, 0.05) is 29.8 Å². The molecule has 3 N–H and O–H groups in total. The average molecular weight is 236 g/mol. The lowest BCUT2D eigenvalue weighted by Gasteiger charge is -2.27. The maximum absolute atomic E-state index is 12.0. The summed E-state index contributed by atoms with van der Waals surface area (Å²) in [5.74, 6) is 0.317. The van der Waals surface area contributed by atoms with E-state index in [0.29, 0.717) is 12.6 Å². The minimum atomic E-state index is 0.151. The molecule has 0 aromatic carbocycles. The smallest absolute Gasteiger partial charge is 0.223 e. The monoisotopic (exact) mass is 236 g/mol. The highest BCUT2D eigenvalue weighted by Gasteiger charge is 2.24. The molecule has 1 aliphatic rings. The van der Waals surface area contributed by atoms with E-state index in [1.54, 1.807) is 6.20 Å². The normalized spacial score (nSPS) is 24.6. The fraction of sp³-hybridized carbons (Fsp3) is 0.667. The van der Waals surface area contributed by atoms with Crippen LogP contribution in [0.3, 0.4) is 0 Å². The molecule has 2 unspecified atom stereocenters. The van der Waals surface area contributed by atoms with E-state index >= 15 is 0 Å². The third-order valence-electron chi connectivity index (χ3n) is 3.38. The van der Waals surface area contributed by atoms with Crippen molar-refractivity contribution in [1.82, 2.24) is 20.8 Å². The highest BCUT2D eigenvalue weighted by Crippen LogP contribution is 2.16. The Morgan fingerprint density at radius 3 is 3.12 bits per heavy atom. The van der Waals surface area contributed by atoms with E-state index in [-0.39, 0.29) is 11.8 Å². The van der Waals surface area contributed by atoms with Gasteiger partial charge in [0.15, 0.2) is 0 Å². The van der Waals surface area contributed by atoms with Gasteiger partial charge in [0.05, 0.1) is 6.20 Å². The average Bonchev–Trinajstić information content (AvgIpc) is 2.72. The van der Waals surface area contributed by atoms with Crippen LogP contribution in [0.25, 0.3) is 0 Å². The summed E-state index contributed by atoms with van der Waals surface area (Å²) >= 11 is 0. The summed E-state index contributed by atoms with van der Waals surface area (Å²) in [4.78, 5) is 12.0. The minimum absolute atomic E-state index is 0.151. The first-order chi connectivity index (χ1) is 8.16. The van der Waals surface area contributed by atoms with Crippen molar-refractivity contribution in [3.05, 3.63) is 17.5 Å². The Kier molecular flexibility index (Phi) is 3.78.